The maximum absolute atomic E-state index is 10.1. The Bertz CT molecular complexity index is 520. The molecule has 0 spiro atoms. The van der Waals surface area contributed by atoms with Gasteiger partial charge in [0.25, 0.3) is 5.69 Å². The molecule has 2 aromatic rings. The summed E-state index contributed by atoms with van der Waals surface area (Å²) >= 11 is 5.48. The Morgan fingerprint density at radius 1 is 0.944 bits per heavy atom. The van der Waals surface area contributed by atoms with Crippen LogP contribution >= 0.6 is 11.6 Å². The maximum Gasteiger partial charge on any atom is 0.287 e. The molecule has 0 saturated heterocycles. The van der Waals surface area contributed by atoms with Gasteiger partial charge in [-0.1, -0.05) is 48.0 Å². The smallest absolute Gasteiger partial charge is 0.258 e. The molecule has 0 fully saturated rings. The molecule has 0 N–H and O–H groups in total. The number of nitrogens with zero attached hydrogens (tertiary/aromatic N) is 1. The van der Waals surface area contributed by atoms with Crippen molar-refractivity contribution in [3.63, 3.8) is 0 Å². The zero-order chi connectivity index (χ0) is 13.5. The van der Waals surface area contributed by atoms with E-state index in [2.05, 4.69) is 38.1 Å². The van der Waals surface area contributed by atoms with Gasteiger partial charge in [-0.2, -0.15) is 0 Å². The second-order valence-corrected chi connectivity index (χ2v) is 4.20. The molecule has 0 heterocycles. The Kier molecular flexibility index (Phi) is 5.33. The molecule has 2 aromatic carbocycles. The van der Waals surface area contributed by atoms with Crippen LogP contribution in [0.4, 0.5) is 5.69 Å². The van der Waals surface area contributed by atoms with Crippen LogP contribution in [0.3, 0.4) is 0 Å². The lowest BCUT2D eigenvalue weighted by Crippen LogP contribution is -1.87. The summed E-state index contributed by atoms with van der Waals surface area (Å²) in [7, 11) is 0. The quantitative estimate of drug-likeness (QED) is 0.559. The van der Waals surface area contributed by atoms with E-state index in [1.807, 2.05) is 0 Å². The van der Waals surface area contributed by atoms with Crippen LogP contribution in [-0.4, -0.2) is 4.92 Å². The van der Waals surface area contributed by atoms with Gasteiger partial charge in [0.1, 0.15) is 5.02 Å². The summed E-state index contributed by atoms with van der Waals surface area (Å²) in [5.41, 5.74) is 2.68. The number of halogens is 1. The molecular formula is C14H14ClNO2. The van der Waals surface area contributed by atoms with Crippen molar-refractivity contribution in [1.82, 2.24) is 0 Å². The predicted molar refractivity (Wildman–Crippen MR) is 74.0 cm³/mol. The van der Waals surface area contributed by atoms with Crippen LogP contribution in [0, 0.1) is 24.0 Å². The summed E-state index contributed by atoms with van der Waals surface area (Å²) in [6.07, 6.45) is 0. The molecule has 94 valence electrons. The number of benzene rings is 2. The SMILES string of the molecule is Cc1ccccc1C.O=[N+]([O-])c1ccccc1Cl. The Balaban J connectivity index is 0.000000184. The first-order valence-corrected chi connectivity index (χ1v) is 5.81. The number of hydrogen-bond acceptors (Lipinski definition) is 2. The third-order valence-corrected chi connectivity index (χ3v) is 2.79. The van der Waals surface area contributed by atoms with Crippen LogP contribution < -0.4 is 0 Å². The highest BCUT2D eigenvalue weighted by atomic mass is 35.5. The summed E-state index contributed by atoms with van der Waals surface area (Å²) in [6.45, 7) is 4.24. The molecule has 0 amide bonds. The number of hydrogen-bond donors (Lipinski definition) is 0. The molecule has 3 nitrogen and oxygen atoms in total. The highest BCUT2D eigenvalue weighted by Gasteiger charge is 2.08. The van der Waals surface area contributed by atoms with Gasteiger partial charge in [-0.15, -0.1) is 0 Å². The second-order valence-electron chi connectivity index (χ2n) is 3.79. The summed E-state index contributed by atoms with van der Waals surface area (Å²) in [5.74, 6) is 0. The third kappa shape index (κ3) is 4.18. The molecule has 18 heavy (non-hydrogen) atoms. The van der Waals surface area contributed by atoms with Crippen molar-refractivity contribution in [2.75, 3.05) is 0 Å². The minimum Gasteiger partial charge on any atom is -0.258 e. The van der Waals surface area contributed by atoms with E-state index >= 15 is 0 Å². The topological polar surface area (TPSA) is 43.1 Å². The van der Waals surface area contributed by atoms with Crippen molar-refractivity contribution < 1.29 is 4.92 Å². The van der Waals surface area contributed by atoms with Crippen LogP contribution in [0.2, 0.25) is 5.02 Å². The fourth-order valence-electron chi connectivity index (χ4n) is 1.26. The summed E-state index contributed by atoms with van der Waals surface area (Å²) in [4.78, 5) is 9.63. The molecule has 0 bridgehead atoms. The van der Waals surface area contributed by atoms with Crippen molar-refractivity contribution in [2.45, 2.75) is 13.8 Å². The van der Waals surface area contributed by atoms with Gasteiger partial charge in [0.05, 0.1) is 4.92 Å². The molecule has 0 unspecified atom stereocenters. The van der Waals surface area contributed by atoms with E-state index in [9.17, 15) is 10.1 Å². The zero-order valence-corrected chi connectivity index (χ0v) is 11.0. The van der Waals surface area contributed by atoms with Gasteiger partial charge < -0.3 is 0 Å². The largest absolute Gasteiger partial charge is 0.287 e. The Hall–Kier alpha value is -1.87. The lowest BCUT2D eigenvalue weighted by molar-refractivity contribution is -0.384. The van der Waals surface area contributed by atoms with Crippen LogP contribution in [0.5, 0.6) is 0 Å². The molecule has 0 radical (unpaired) electrons. The van der Waals surface area contributed by atoms with E-state index < -0.39 is 4.92 Å². The lowest BCUT2D eigenvalue weighted by atomic mass is 10.1. The number of rotatable bonds is 1. The molecule has 0 aliphatic rings. The third-order valence-electron chi connectivity index (χ3n) is 2.47. The molecule has 0 aromatic heterocycles. The maximum atomic E-state index is 10.1. The van der Waals surface area contributed by atoms with Crippen molar-refractivity contribution >= 4 is 17.3 Å². The highest BCUT2D eigenvalue weighted by molar-refractivity contribution is 6.32. The zero-order valence-electron chi connectivity index (χ0n) is 10.3. The molecule has 0 aliphatic heterocycles. The number of nitro benzene ring substituents is 1. The predicted octanol–water partition coefficient (Wildman–Crippen LogP) is 4.55. The first kappa shape index (κ1) is 14.2. The molecule has 2 rings (SSSR count). The van der Waals surface area contributed by atoms with E-state index in [4.69, 9.17) is 11.6 Å². The molecule has 0 aliphatic carbocycles. The van der Waals surface area contributed by atoms with E-state index in [1.54, 1.807) is 12.1 Å². The first-order chi connectivity index (χ1) is 8.52. The van der Waals surface area contributed by atoms with Gasteiger partial charge in [0.2, 0.25) is 0 Å². The van der Waals surface area contributed by atoms with Gasteiger partial charge in [0.15, 0.2) is 0 Å². The number of para-hydroxylation sites is 1. The molecule has 0 saturated carbocycles. The van der Waals surface area contributed by atoms with Gasteiger partial charge in [0, 0.05) is 6.07 Å². The standard InChI is InChI=1S/C8H10.C6H4ClNO2/c1-7-5-3-4-6-8(7)2;7-5-3-1-2-4-6(5)8(9)10/h3-6H,1-2H3;1-4H. The van der Waals surface area contributed by atoms with Crippen molar-refractivity contribution in [3.05, 3.63) is 74.8 Å². The second kappa shape index (κ2) is 6.77. The van der Waals surface area contributed by atoms with Gasteiger partial charge >= 0.3 is 0 Å². The Morgan fingerprint density at radius 3 is 1.72 bits per heavy atom. The van der Waals surface area contributed by atoms with Crippen molar-refractivity contribution in [2.24, 2.45) is 0 Å². The minimum atomic E-state index is -0.512. The van der Waals surface area contributed by atoms with Gasteiger partial charge in [-0.05, 0) is 31.0 Å². The van der Waals surface area contributed by atoms with E-state index in [1.165, 1.54) is 23.3 Å². The normalized spacial score (nSPS) is 9.28. The highest BCUT2D eigenvalue weighted by Crippen LogP contribution is 2.22. The summed E-state index contributed by atoms with van der Waals surface area (Å²) in [5, 5.41) is 10.3. The van der Waals surface area contributed by atoms with Crippen LogP contribution in [-0.2, 0) is 0 Å². The van der Waals surface area contributed by atoms with Crippen LogP contribution in [0.15, 0.2) is 48.5 Å². The Labute approximate surface area is 111 Å². The van der Waals surface area contributed by atoms with Gasteiger partial charge in [-0.3, -0.25) is 10.1 Å². The average molecular weight is 264 g/mol. The molecular weight excluding hydrogens is 250 g/mol. The van der Waals surface area contributed by atoms with Gasteiger partial charge in [-0.25, -0.2) is 0 Å². The summed E-state index contributed by atoms with van der Waals surface area (Å²) in [6, 6.07) is 14.4. The van der Waals surface area contributed by atoms with Crippen molar-refractivity contribution in [3.8, 4) is 0 Å². The fraction of sp³-hybridized carbons (Fsp3) is 0.143. The fourth-order valence-corrected chi connectivity index (χ4v) is 1.47. The van der Waals surface area contributed by atoms with E-state index in [-0.39, 0.29) is 10.7 Å². The van der Waals surface area contributed by atoms with E-state index in [0.717, 1.165) is 0 Å². The monoisotopic (exact) mass is 263 g/mol. The van der Waals surface area contributed by atoms with Crippen LogP contribution in [0.1, 0.15) is 11.1 Å². The number of nitro groups is 1. The molecule has 0 atom stereocenters. The summed E-state index contributed by atoms with van der Waals surface area (Å²) < 4.78 is 0. The average Bonchev–Trinajstić information content (AvgIpc) is 2.34. The lowest BCUT2D eigenvalue weighted by Gasteiger charge is -1.93. The number of aryl methyl sites for hydroxylation is 2. The van der Waals surface area contributed by atoms with E-state index in [0.29, 0.717) is 0 Å². The van der Waals surface area contributed by atoms with Crippen molar-refractivity contribution in [1.29, 1.82) is 0 Å². The Morgan fingerprint density at radius 2 is 1.39 bits per heavy atom. The first-order valence-electron chi connectivity index (χ1n) is 5.43. The minimum absolute atomic E-state index is 0.0517. The van der Waals surface area contributed by atoms with Crippen LogP contribution in [0.25, 0.3) is 0 Å². The molecule has 4 heteroatoms.